The molecule has 0 saturated carbocycles. The molecule has 6 nitrogen and oxygen atoms in total. The lowest BCUT2D eigenvalue weighted by Crippen LogP contribution is -2.28. The highest BCUT2D eigenvalue weighted by atomic mass is 35.5. The molecule has 1 rings (SSSR count). The number of aliphatic hydroxyl groups excluding tert-OH is 1. The second-order valence-electron chi connectivity index (χ2n) is 3.97. The van der Waals surface area contributed by atoms with E-state index in [1.54, 1.807) is 12.1 Å². The van der Waals surface area contributed by atoms with Crippen LogP contribution in [0, 0.1) is 0 Å². The fraction of sp³-hybridized carbons (Fsp3) is 0.583. The third kappa shape index (κ3) is 5.71. The van der Waals surface area contributed by atoms with Crippen LogP contribution in [-0.4, -0.2) is 47.9 Å². The molecular weight excluding hydrogens is 268 g/mol. The van der Waals surface area contributed by atoms with Gasteiger partial charge in [0.15, 0.2) is 0 Å². The Morgan fingerprint density at radius 1 is 1.47 bits per heavy atom. The molecule has 0 aliphatic heterocycles. The Hall–Kier alpha value is -0.920. The van der Waals surface area contributed by atoms with Crippen molar-refractivity contribution >= 4 is 17.4 Å². The zero-order valence-electron chi connectivity index (χ0n) is 11.1. The Balaban J connectivity index is 2.54. The molecule has 19 heavy (non-hydrogen) atoms. The van der Waals surface area contributed by atoms with Gasteiger partial charge in [0.1, 0.15) is 5.82 Å². The van der Waals surface area contributed by atoms with Crippen LogP contribution in [-0.2, 0) is 11.3 Å². The van der Waals surface area contributed by atoms with Crippen molar-refractivity contribution in [1.82, 2.24) is 9.88 Å². The lowest BCUT2D eigenvalue weighted by Gasteiger charge is -2.20. The molecule has 108 valence electrons. The minimum Gasteiger partial charge on any atom is -0.394 e. The molecule has 0 bridgehead atoms. The van der Waals surface area contributed by atoms with Gasteiger partial charge in [-0.15, -0.1) is 0 Å². The highest BCUT2D eigenvalue weighted by molar-refractivity contribution is 6.31. The number of likely N-dealkylation sites (N-methyl/N-ethyl adjacent to an activating group) is 1. The van der Waals surface area contributed by atoms with Gasteiger partial charge in [0.2, 0.25) is 0 Å². The number of anilines is 1. The molecular formula is C12H21ClN4O2. The Morgan fingerprint density at radius 3 is 2.89 bits per heavy atom. The van der Waals surface area contributed by atoms with Gasteiger partial charge in [-0.25, -0.2) is 10.8 Å². The van der Waals surface area contributed by atoms with Crippen LogP contribution in [0.4, 0.5) is 5.82 Å². The van der Waals surface area contributed by atoms with Crippen LogP contribution in [0.25, 0.3) is 0 Å². The maximum atomic E-state index is 8.63. The van der Waals surface area contributed by atoms with Crippen LogP contribution in [0.2, 0.25) is 5.02 Å². The van der Waals surface area contributed by atoms with Crippen molar-refractivity contribution in [2.45, 2.75) is 13.5 Å². The van der Waals surface area contributed by atoms with Gasteiger partial charge >= 0.3 is 0 Å². The summed E-state index contributed by atoms with van der Waals surface area (Å²) in [6.45, 7) is 5.29. The zero-order chi connectivity index (χ0) is 14.1. The SMILES string of the molecule is CCN(CCOCCO)Cc1nc(NN)ccc1Cl. The van der Waals surface area contributed by atoms with Gasteiger partial charge in [-0.05, 0) is 18.7 Å². The van der Waals surface area contributed by atoms with E-state index in [2.05, 4.69) is 22.2 Å². The van der Waals surface area contributed by atoms with Crippen molar-refractivity contribution in [1.29, 1.82) is 0 Å². The number of rotatable bonds is 9. The maximum Gasteiger partial charge on any atom is 0.140 e. The van der Waals surface area contributed by atoms with E-state index in [4.69, 9.17) is 27.3 Å². The number of aliphatic hydroxyl groups is 1. The smallest absolute Gasteiger partial charge is 0.140 e. The van der Waals surface area contributed by atoms with Gasteiger partial charge in [0.25, 0.3) is 0 Å². The Bertz CT molecular complexity index is 379. The van der Waals surface area contributed by atoms with Crippen molar-refractivity contribution in [3.63, 3.8) is 0 Å². The molecule has 0 radical (unpaired) electrons. The summed E-state index contributed by atoms with van der Waals surface area (Å²) in [5.41, 5.74) is 3.28. The fourth-order valence-electron chi connectivity index (χ4n) is 1.60. The average Bonchev–Trinajstić information content (AvgIpc) is 2.44. The normalized spacial score (nSPS) is 11.0. The van der Waals surface area contributed by atoms with Crippen molar-refractivity contribution in [2.24, 2.45) is 5.84 Å². The van der Waals surface area contributed by atoms with Gasteiger partial charge in [-0.2, -0.15) is 0 Å². The minimum absolute atomic E-state index is 0.0454. The number of hydrogen-bond acceptors (Lipinski definition) is 6. The van der Waals surface area contributed by atoms with Gasteiger partial charge < -0.3 is 15.3 Å². The van der Waals surface area contributed by atoms with Crippen molar-refractivity contribution in [3.8, 4) is 0 Å². The van der Waals surface area contributed by atoms with Crippen LogP contribution in [0.1, 0.15) is 12.6 Å². The molecule has 0 spiro atoms. The zero-order valence-corrected chi connectivity index (χ0v) is 11.9. The van der Waals surface area contributed by atoms with Crippen molar-refractivity contribution < 1.29 is 9.84 Å². The second kappa shape index (κ2) is 9.06. The first-order chi connectivity index (χ1) is 9.21. The summed E-state index contributed by atoms with van der Waals surface area (Å²) in [5.74, 6) is 5.92. The molecule has 0 atom stereocenters. The van der Waals surface area contributed by atoms with Crippen molar-refractivity contribution in [3.05, 3.63) is 22.8 Å². The van der Waals surface area contributed by atoms with Crippen LogP contribution in [0.3, 0.4) is 0 Å². The van der Waals surface area contributed by atoms with Gasteiger partial charge in [0, 0.05) is 13.1 Å². The molecule has 0 aromatic carbocycles. The third-order valence-electron chi connectivity index (χ3n) is 2.67. The number of aromatic nitrogens is 1. The number of nitrogens with two attached hydrogens (primary N) is 1. The predicted octanol–water partition coefficient (Wildman–Crippen LogP) is 0.851. The number of nitrogens with zero attached hydrogens (tertiary/aromatic N) is 2. The molecule has 4 N–H and O–H groups in total. The fourth-order valence-corrected chi connectivity index (χ4v) is 1.76. The first-order valence-electron chi connectivity index (χ1n) is 6.24. The van der Waals surface area contributed by atoms with Crippen LogP contribution in [0.5, 0.6) is 0 Å². The molecule has 0 aliphatic rings. The van der Waals surface area contributed by atoms with E-state index in [0.29, 0.717) is 30.6 Å². The summed E-state index contributed by atoms with van der Waals surface area (Å²) in [5, 5.41) is 9.25. The molecule has 0 aliphatic carbocycles. The summed E-state index contributed by atoms with van der Waals surface area (Å²) in [7, 11) is 0. The topological polar surface area (TPSA) is 83.6 Å². The van der Waals surface area contributed by atoms with Gasteiger partial charge in [-0.3, -0.25) is 4.90 Å². The Labute approximate surface area is 118 Å². The monoisotopic (exact) mass is 288 g/mol. The minimum atomic E-state index is 0.0454. The van der Waals surface area contributed by atoms with Crippen LogP contribution < -0.4 is 11.3 Å². The highest BCUT2D eigenvalue weighted by Gasteiger charge is 2.09. The molecule has 0 saturated heterocycles. The quantitative estimate of drug-likeness (QED) is 0.355. The van der Waals surface area contributed by atoms with Crippen LogP contribution >= 0.6 is 11.6 Å². The summed E-state index contributed by atoms with van der Waals surface area (Å²) in [6.07, 6.45) is 0. The van der Waals surface area contributed by atoms with E-state index in [1.807, 2.05) is 0 Å². The molecule has 1 aromatic heterocycles. The Kier molecular flexibility index (Phi) is 7.69. The average molecular weight is 289 g/mol. The van der Waals surface area contributed by atoms with Gasteiger partial charge in [0.05, 0.1) is 30.5 Å². The lowest BCUT2D eigenvalue weighted by atomic mass is 10.3. The van der Waals surface area contributed by atoms with Crippen LogP contribution in [0.15, 0.2) is 12.1 Å². The van der Waals surface area contributed by atoms with E-state index in [-0.39, 0.29) is 6.61 Å². The van der Waals surface area contributed by atoms with E-state index in [1.165, 1.54) is 0 Å². The largest absolute Gasteiger partial charge is 0.394 e. The number of nitrogen functional groups attached to an aromatic ring is 1. The third-order valence-corrected chi connectivity index (χ3v) is 3.02. The van der Waals surface area contributed by atoms with E-state index >= 15 is 0 Å². The molecule has 7 heteroatoms. The molecule has 1 aromatic rings. The van der Waals surface area contributed by atoms with Crippen molar-refractivity contribution in [2.75, 3.05) is 38.3 Å². The number of hydrazine groups is 1. The summed E-state index contributed by atoms with van der Waals surface area (Å²) in [4.78, 5) is 6.49. The van der Waals surface area contributed by atoms with Gasteiger partial charge in [-0.1, -0.05) is 18.5 Å². The molecule has 0 fully saturated rings. The highest BCUT2D eigenvalue weighted by Crippen LogP contribution is 2.17. The number of hydrogen-bond donors (Lipinski definition) is 3. The summed E-state index contributed by atoms with van der Waals surface area (Å²) < 4.78 is 5.25. The van der Waals surface area contributed by atoms with E-state index in [0.717, 1.165) is 18.8 Å². The molecule has 1 heterocycles. The van der Waals surface area contributed by atoms with E-state index in [9.17, 15) is 0 Å². The first kappa shape index (κ1) is 16.1. The predicted molar refractivity (Wildman–Crippen MR) is 75.9 cm³/mol. The maximum absolute atomic E-state index is 8.63. The number of halogens is 1. The second-order valence-corrected chi connectivity index (χ2v) is 4.38. The lowest BCUT2D eigenvalue weighted by molar-refractivity contribution is 0.0730. The summed E-state index contributed by atoms with van der Waals surface area (Å²) in [6, 6.07) is 3.50. The molecule has 0 unspecified atom stereocenters. The Morgan fingerprint density at radius 2 is 2.26 bits per heavy atom. The van der Waals surface area contributed by atoms with E-state index < -0.39 is 0 Å². The number of ether oxygens (including phenoxy) is 1. The number of pyridine rings is 1. The number of nitrogens with one attached hydrogen (secondary N) is 1. The summed E-state index contributed by atoms with van der Waals surface area (Å²) >= 11 is 6.12. The standard InChI is InChI=1S/C12H21ClN4O2/c1-2-17(5-7-19-8-6-18)9-11-10(13)3-4-12(15-11)16-14/h3-4,18H,2,5-9,14H2,1H3,(H,15,16). The molecule has 0 amide bonds. The first-order valence-corrected chi connectivity index (χ1v) is 6.62.